The predicted octanol–water partition coefficient (Wildman–Crippen LogP) is 3.26. The summed E-state index contributed by atoms with van der Waals surface area (Å²) >= 11 is 2.86. The van der Waals surface area contributed by atoms with E-state index < -0.39 is 0 Å². The molecule has 1 amide bonds. The zero-order chi connectivity index (χ0) is 15.1. The van der Waals surface area contributed by atoms with Gasteiger partial charge in [0.25, 0.3) is 0 Å². The zero-order valence-corrected chi connectivity index (χ0v) is 13.7. The number of amides is 1. The van der Waals surface area contributed by atoms with Gasteiger partial charge in [-0.15, -0.1) is 10.2 Å². The minimum Gasteiger partial charge on any atom is -0.360 e. The number of aryl methyl sites for hydroxylation is 1. The highest BCUT2D eigenvalue weighted by atomic mass is 32.2. The maximum Gasteiger partial charge on any atom is 0.234 e. The van der Waals surface area contributed by atoms with E-state index in [1.807, 2.05) is 31.2 Å². The summed E-state index contributed by atoms with van der Waals surface area (Å²) in [6.45, 7) is 4.91. The van der Waals surface area contributed by atoms with Crippen LogP contribution < -0.4 is 10.6 Å². The highest BCUT2D eigenvalue weighted by molar-refractivity contribution is 8.01. The molecule has 0 unspecified atom stereocenters. The molecule has 5 nitrogen and oxygen atoms in total. The molecule has 1 heterocycles. The van der Waals surface area contributed by atoms with Crippen molar-refractivity contribution in [1.29, 1.82) is 0 Å². The van der Waals surface area contributed by atoms with Gasteiger partial charge in [-0.05, 0) is 31.0 Å². The SMILES string of the molecule is CCNc1nnc(SCC(=O)Nc2cccc(CC)c2)s1. The number of rotatable bonds is 7. The van der Waals surface area contributed by atoms with Crippen LogP contribution in [0, 0.1) is 0 Å². The van der Waals surface area contributed by atoms with Crippen LogP contribution in [0.3, 0.4) is 0 Å². The number of carbonyl (C=O) groups excluding carboxylic acids is 1. The topological polar surface area (TPSA) is 66.9 Å². The molecule has 1 aromatic carbocycles. The molecular formula is C14H18N4OS2. The molecule has 0 aliphatic rings. The van der Waals surface area contributed by atoms with E-state index in [0.29, 0.717) is 5.75 Å². The Kier molecular flexibility index (Phi) is 6.01. The predicted molar refractivity (Wildman–Crippen MR) is 89.2 cm³/mol. The van der Waals surface area contributed by atoms with Crippen molar-refractivity contribution in [2.24, 2.45) is 0 Å². The van der Waals surface area contributed by atoms with Crippen molar-refractivity contribution in [3.8, 4) is 0 Å². The molecule has 0 saturated heterocycles. The molecule has 2 rings (SSSR count). The molecule has 0 bridgehead atoms. The Hall–Kier alpha value is -1.60. The fourth-order valence-corrected chi connectivity index (χ4v) is 3.30. The van der Waals surface area contributed by atoms with Crippen LogP contribution in [-0.4, -0.2) is 28.4 Å². The molecule has 2 aromatic rings. The normalized spacial score (nSPS) is 10.4. The number of hydrogen-bond donors (Lipinski definition) is 2. The molecule has 0 aliphatic heterocycles. The van der Waals surface area contributed by atoms with Crippen LogP contribution in [0.4, 0.5) is 10.8 Å². The lowest BCUT2D eigenvalue weighted by molar-refractivity contribution is -0.113. The van der Waals surface area contributed by atoms with Gasteiger partial charge in [0.15, 0.2) is 4.34 Å². The summed E-state index contributed by atoms with van der Waals surface area (Å²) in [5.74, 6) is 0.297. The Labute approximate surface area is 132 Å². The summed E-state index contributed by atoms with van der Waals surface area (Å²) in [6.07, 6.45) is 0.955. The summed E-state index contributed by atoms with van der Waals surface area (Å²) in [5.41, 5.74) is 2.05. The Morgan fingerprint density at radius 3 is 2.95 bits per heavy atom. The van der Waals surface area contributed by atoms with Crippen molar-refractivity contribution < 1.29 is 4.79 Å². The van der Waals surface area contributed by atoms with Crippen molar-refractivity contribution in [3.05, 3.63) is 29.8 Å². The average Bonchev–Trinajstić information content (AvgIpc) is 2.93. The molecule has 0 spiro atoms. The summed E-state index contributed by atoms with van der Waals surface area (Å²) in [4.78, 5) is 11.9. The number of carbonyl (C=O) groups is 1. The Balaban J connectivity index is 1.83. The van der Waals surface area contributed by atoms with E-state index in [1.165, 1.54) is 28.7 Å². The second-order valence-corrected chi connectivity index (χ2v) is 6.49. The lowest BCUT2D eigenvalue weighted by Gasteiger charge is -2.05. The quantitative estimate of drug-likeness (QED) is 0.766. The first-order valence-electron chi connectivity index (χ1n) is 6.80. The largest absolute Gasteiger partial charge is 0.360 e. The molecule has 7 heteroatoms. The summed E-state index contributed by atoms with van der Waals surface area (Å²) in [7, 11) is 0. The van der Waals surface area contributed by atoms with Gasteiger partial charge in [0, 0.05) is 12.2 Å². The van der Waals surface area contributed by atoms with Gasteiger partial charge in [0.1, 0.15) is 0 Å². The van der Waals surface area contributed by atoms with Gasteiger partial charge < -0.3 is 10.6 Å². The van der Waals surface area contributed by atoms with Crippen molar-refractivity contribution in [2.75, 3.05) is 22.9 Å². The van der Waals surface area contributed by atoms with E-state index >= 15 is 0 Å². The van der Waals surface area contributed by atoms with Crippen molar-refractivity contribution >= 4 is 39.8 Å². The maximum atomic E-state index is 11.9. The van der Waals surface area contributed by atoms with Crippen LogP contribution in [0.2, 0.25) is 0 Å². The van der Waals surface area contributed by atoms with Crippen LogP contribution in [0.5, 0.6) is 0 Å². The summed E-state index contributed by atoms with van der Waals surface area (Å²) in [6, 6.07) is 7.90. The molecule has 1 aromatic heterocycles. The van der Waals surface area contributed by atoms with E-state index in [0.717, 1.165) is 28.1 Å². The minimum absolute atomic E-state index is 0.0338. The van der Waals surface area contributed by atoms with E-state index in [2.05, 4.69) is 27.8 Å². The van der Waals surface area contributed by atoms with Crippen LogP contribution in [0.15, 0.2) is 28.6 Å². The van der Waals surface area contributed by atoms with Crippen LogP contribution in [0.25, 0.3) is 0 Å². The van der Waals surface area contributed by atoms with Gasteiger partial charge in [-0.1, -0.05) is 42.2 Å². The highest BCUT2D eigenvalue weighted by Crippen LogP contribution is 2.25. The number of aromatic nitrogens is 2. The molecule has 0 saturated carbocycles. The van der Waals surface area contributed by atoms with E-state index in [9.17, 15) is 4.79 Å². The highest BCUT2D eigenvalue weighted by Gasteiger charge is 2.08. The Morgan fingerprint density at radius 2 is 2.19 bits per heavy atom. The van der Waals surface area contributed by atoms with Crippen LogP contribution in [-0.2, 0) is 11.2 Å². The standard InChI is InChI=1S/C14H18N4OS2/c1-3-10-6-5-7-11(8-10)16-12(19)9-20-14-18-17-13(21-14)15-4-2/h5-8H,3-4,9H2,1-2H3,(H,15,17)(H,16,19). The number of nitrogens with zero attached hydrogens (tertiary/aromatic N) is 2. The van der Waals surface area contributed by atoms with Gasteiger partial charge in [0.05, 0.1) is 5.75 Å². The number of hydrogen-bond acceptors (Lipinski definition) is 6. The van der Waals surface area contributed by atoms with E-state index in [1.54, 1.807) is 0 Å². The third kappa shape index (κ3) is 5.02. The molecular weight excluding hydrogens is 304 g/mol. The first kappa shape index (κ1) is 15.8. The van der Waals surface area contributed by atoms with Crippen LogP contribution in [0.1, 0.15) is 19.4 Å². The Bertz CT molecular complexity index is 600. The van der Waals surface area contributed by atoms with Gasteiger partial charge in [-0.2, -0.15) is 0 Å². The number of anilines is 2. The minimum atomic E-state index is -0.0338. The van der Waals surface area contributed by atoms with E-state index in [-0.39, 0.29) is 5.91 Å². The monoisotopic (exact) mass is 322 g/mol. The zero-order valence-electron chi connectivity index (χ0n) is 12.0. The maximum absolute atomic E-state index is 11.9. The molecule has 21 heavy (non-hydrogen) atoms. The van der Waals surface area contributed by atoms with Gasteiger partial charge in [-0.25, -0.2) is 0 Å². The van der Waals surface area contributed by atoms with Gasteiger partial charge in [0.2, 0.25) is 11.0 Å². The fourth-order valence-electron chi connectivity index (χ4n) is 1.68. The number of nitrogens with one attached hydrogen (secondary N) is 2. The molecule has 0 atom stereocenters. The lowest BCUT2D eigenvalue weighted by Crippen LogP contribution is -2.14. The third-order valence-electron chi connectivity index (χ3n) is 2.68. The van der Waals surface area contributed by atoms with Gasteiger partial charge in [-0.3, -0.25) is 4.79 Å². The summed E-state index contributed by atoms with van der Waals surface area (Å²) < 4.78 is 0.795. The third-order valence-corrected chi connectivity index (χ3v) is 4.69. The first-order chi connectivity index (χ1) is 10.2. The molecule has 0 radical (unpaired) electrons. The lowest BCUT2D eigenvalue weighted by atomic mass is 10.1. The average molecular weight is 322 g/mol. The van der Waals surface area contributed by atoms with E-state index in [4.69, 9.17) is 0 Å². The molecule has 112 valence electrons. The number of benzene rings is 1. The second kappa shape index (κ2) is 7.99. The second-order valence-electron chi connectivity index (χ2n) is 4.29. The van der Waals surface area contributed by atoms with Crippen molar-refractivity contribution in [2.45, 2.75) is 24.6 Å². The Morgan fingerprint density at radius 1 is 1.33 bits per heavy atom. The van der Waals surface area contributed by atoms with Gasteiger partial charge >= 0.3 is 0 Å². The van der Waals surface area contributed by atoms with Crippen molar-refractivity contribution in [1.82, 2.24) is 10.2 Å². The molecule has 2 N–H and O–H groups in total. The van der Waals surface area contributed by atoms with Crippen LogP contribution >= 0.6 is 23.1 Å². The number of thioether (sulfide) groups is 1. The fraction of sp³-hybridized carbons (Fsp3) is 0.357. The molecule has 0 aliphatic carbocycles. The van der Waals surface area contributed by atoms with Crippen molar-refractivity contribution in [3.63, 3.8) is 0 Å². The molecule has 0 fully saturated rings. The smallest absolute Gasteiger partial charge is 0.234 e. The first-order valence-corrected chi connectivity index (χ1v) is 8.60. The summed E-state index contributed by atoms with van der Waals surface area (Å²) in [5, 5.41) is 14.8.